The van der Waals surface area contributed by atoms with Crippen molar-refractivity contribution in [1.29, 1.82) is 0 Å². The Morgan fingerprint density at radius 3 is 2.05 bits per heavy atom. The fourth-order valence-electron chi connectivity index (χ4n) is 1.99. The topological polar surface area (TPSA) is 25.8 Å². The Hall–Kier alpha value is -1.91. The van der Waals surface area contributed by atoms with E-state index in [9.17, 15) is 13.2 Å². The first-order valence-corrected chi connectivity index (χ1v) is 6.62. The maximum Gasteiger partial charge on any atom is 0.433 e. The average molecular weight is 294 g/mol. The van der Waals surface area contributed by atoms with Gasteiger partial charge in [0.25, 0.3) is 0 Å². The summed E-state index contributed by atoms with van der Waals surface area (Å²) in [7, 11) is 0. The zero-order chi connectivity index (χ0) is 15.8. The molecule has 112 valence electrons. The van der Waals surface area contributed by atoms with Gasteiger partial charge in [0.15, 0.2) is 0 Å². The van der Waals surface area contributed by atoms with E-state index < -0.39 is 11.9 Å². The molecule has 2 nitrogen and oxygen atoms in total. The van der Waals surface area contributed by atoms with Gasteiger partial charge in [0.05, 0.1) is 5.69 Å². The van der Waals surface area contributed by atoms with Gasteiger partial charge in [-0.3, -0.25) is 4.98 Å². The number of nitrogens with zero attached hydrogens (tertiary/aromatic N) is 2. The van der Waals surface area contributed by atoms with Gasteiger partial charge in [-0.25, -0.2) is 4.98 Å². The third-order valence-electron chi connectivity index (χ3n) is 3.17. The van der Waals surface area contributed by atoms with Crippen LogP contribution in [0.2, 0.25) is 0 Å². The van der Waals surface area contributed by atoms with Crippen LogP contribution in [0.25, 0.3) is 11.3 Å². The van der Waals surface area contributed by atoms with Crippen molar-refractivity contribution in [3.8, 4) is 11.3 Å². The first-order chi connectivity index (χ1) is 9.59. The Morgan fingerprint density at radius 2 is 1.52 bits per heavy atom. The van der Waals surface area contributed by atoms with E-state index in [1.807, 2.05) is 32.9 Å². The molecular weight excluding hydrogens is 277 g/mol. The first kappa shape index (κ1) is 15.5. The van der Waals surface area contributed by atoms with E-state index >= 15 is 0 Å². The number of aromatic nitrogens is 2. The average Bonchev–Trinajstić information content (AvgIpc) is 2.36. The number of alkyl halides is 3. The second-order valence-corrected chi connectivity index (χ2v) is 5.99. The third-order valence-corrected chi connectivity index (χ3v) is 3.17. The van der Waals surface area contributed by atoms with Crippen molar-refractivity contribution in [2.24, 2.45) is 0 Å². The van der Waals surface area contributed by atoms with E-state index in [0.29, 0.717) is 17.0 Å². The second kappa shape index (κ2) is 5.13. The summed E-state index contributed by atoms with van der Waals surface area (Å²) in [4.78, 5) is 8.19. The van der Waals surface area contributed by atoms with E-state index in [-0.39, 0.29) is 5.41 Å². The van der Waals surface area contributed by atoms with Crippen LogP contribution in [0.3, 0.4) is 0 Å². The fourth-order valence-corrected chi connectivity index (χ4v) is 1.99. The molecule has 0 aliphatic carbocycles. The summed E-state index contributed by atoms with van der Waals surface area (Å²) in [6.45, 7) is 7.68. The highest BCUT2D eigenvalue weighted by Crippen LogP contribution is 2.31. The predicted octanol–water partition coefficient (Wildman–Crippen LogP) is 4.77. The van der Waals surface area contributed by atoms with Crippen molar-refractivity contribution in [2.75, 3.05) is 0 Å². The lowest BCUT2D eigenvalue weighted by Crippen LogP contribution is -2.14. The largest absolute Gasteiger partial charge is 0.433 e. The van der Waals surface area contributed by atoms with Crippen LogP contribution in [0.5, 0.6) is 0 Å². The summed E-state index contributed by atoms with van der Waals surface area (Å²) in [5.74, 6) is 0. The van der Waals surface area contributed by atoms with Crippen LogP contribution < -0.4 is 0 Å². The Labute approximate surface area is 122 Å². The lowest BCUT2D eigenvalue weighted by Gasteiger charge is -2.18. The Kier molecular flexibility index (Phi) is 3.78. The summed E-state index contributed by atoms with van der Waals surface area (Å²) in [5, 5.41) is 0. The highest BCUT2D eigenvalue weighted by molar-refractivity contribution is 5.62. The minimum atomic E-state index is -4.43. The van der Waals surface area contributed by atoms with Crippen molar-refractivity contribution in [1.82, 2.24) is 9.97 Å². The van der Waals surface area contributed by atoms with Gasteiger partial charge >= 0.3 is 6.18 Å². The molecule has 2 aromatic rings. The highest BCUT2D eigenvalue weighted by Gasteiger charge is 2.32. The number of halogens is 3. The zero-order valence-electron chi connectivity index (χ0n) is 12.4. The van der Waals surface area contributed by atoms with E-state index in [1.165, 1.54) is 6.07 Å². The summed E-state index contributed by atoms with van der Waals surface area (Å²) in [5.41, 5.74) is 1.47. The normalized spacial score (nSPS) is 12.5. The Bertz CT molecular complexity index is 655. The standard InChI is InChI=1S/C16H17F3N2/c1-10-11(8-9-14(20-10)16(17,18)19)12-6-5-7-13(21-12)15(2,3)4/h5-9H,1-4H3. The van der Waals surface area contributed by atoms with Gasteiger partial charge in [0.1, 0.15) is 5.69 Å². The van der Waals surface area contributed by atoms with Crippen LogP contribution in [0, 0.1) is 6.92 Å². The number of aryl methyl sites for hydroxylation is 1. The lowest BCUT2D eigenvalue weighted by molar-refractivity contribution is -0.141. The second-order valence-electron chi connectivity index (χ2n) is 5.99. The van der Waals surface area contributed by atoms with Gasteiger partial charge in [-0.2, -0.15) is 13.2 Å². The molecule has 2 heterocycles. The molecule has 0 amide bonds. The van der Waals surface area contributed by atoms with Crippen LogP contribution in [0.4, 0.5) is 13.2 Å². The SMILES string of the molecule is Cc1nc(C(F)(F)F)ccc1-c1cccc(C(C)(C)C)n1. The molecule has 0 spiro atoms. The van der Waals surface area contributed by atoms with E-state index in [2.05, 4.69) is 9.97 Å². The van der Waals surface area contributed by atoms with Gasteiger partial charge in [0, 0.05) is 22.4 Å². The molecule has 2 rings (SSSR count). The van der Waals surface area contributed by atoms with Gasteiger partial charge in [0.2, 0.25) is 0 Å². The summed E-state index contributed by atoms with van der Waals surface area (Å²) >= 11 is 0. The van der Waals surface area contributed by atoms with Crippen LogP contribution in [-0.2, 0) is 11.6 Å². The molecule has 0 saturated carbocycles. The predicted molar refractivity (Wildman–Crippen MR) is 75.9 cm³/mol. The lowest BCUT2D eigenvalue weighted by atomic mass is 9.91. The fraction of sp³-hybridized carbons (Fsp3) is 0.375. The molecule has 0 unspecified atom stereocenters. The first-order valence-electron chi connectivity index (χ1n) is 6.62. The molecule has 21 heavy (non-hydrogen) atoms. The van der Waals surface area contributed by atoms with Crippen molar-refractivity contribution in [3.05, 3.63) is 47.4 Å². The minimum absolute atomic E-state index is 0.122. The number of hydrogen-bond donors (Lipinski definition) is 0. The molecule has 0 bridgehead atoms. The Balaban J connectivity index is 2.48. The van der Waals surface area contributed by atoms with Crippen molar-refractivity contribution < 1.29 is 13.2 Å². The molecule has 0 aromatic carbocycles. The summed E-state index contributed by atoms with van der Waals surface area (Å²) < 4.78 is 37.9. The molecule has 0 aliphatic heterocycles. The third kappa shape index (κ3) is 3.40. The molecule has 2 aromatic heterocycles. The molecule has 5 heteroatoms. The van der Waals surface area contributed by atoms with Gasteiger partial charge < -0.3 is 0 Å². The number of hydrogen-bond acceptors (Lipinski definition) is 2. The summed E-state index contributed by atoms with van der Waals surface area (Å²) in [6, 6.07) is 7.98. The van der Waals surface area contributed by atoms with Crippen molar-refractivity contribution >= 4 is 0 Å². The smallest absolute Gasteiger partial charge is 0.252 e. The van der Waals surface area contributed by atoms with Crippen LogP contribution in [0.1, 0.15) is 37.9 Å². The highest BCUT2D eigenvalue weighted by atomic mass is 19.4. The molecule has 0 fully saturated rings. The maximum atomic E-state index is 12.6. The minimum Gasteiger partial charge on any atom is -0.252 e. The molecule has 0 saturated heterocycles. The zero-order valence-corrected chi connectivity index (χ0v) is 12.4. The molecule has 0 radical (unpaired) electrons. The number of rotatable bonds is 1. The molecular formula is C16H17F3N2. The Morgan fingerprint density at radius 1 is 0.857 bits per heavy atom. The quantitative estimate of drug-likeness (QED) is 0.757. The van der Waals surface area contributed by atoms with Gasteiger partial charge in [-0.15, -0.1) is 0 Å². The monoisotopic (exact) mass is 294 g/mol. The van der Waals surface area contributed by atoms with Crippen LogP contribution >= 0.6 is 0 Å². The van der Waals surface area contributed by atoms with Crippen molar-refractivity contribution in [3.63, 3.8) is 0 Å². The van der Waals surface area contributed by atoms with E-state index in [4.69, 9.17) is 0 Å². The van der Waals surface area contributed by atoms with E-state index in [1.54, 1.807) is 13.0 Å². The van der Waals surface area contributed by atoms with Gasteiger partial charge in [-0.05, 0) is 31.2 Å². The van der Waals surface area contributed by atoms with Crippen molar-refractivity contribution in [2.45, 2.75) is 39.3 Å². The molecule has 0 atom stereocenters. The van der Waals surface area contributed by atoms with Crippen LogP contribution in [-0.4, -0.2) is 9.97 Å². The summed E-state index contributed by atoms with van der Waals surface area (Å²) in [6.07, 6.45) is -4.43. The maximum absolute atomic E-state index is 12.6. The molecule has 0 aliphatic rings. The van der Waals surface area contributed by atoms with Crippen LogP contribution in [0.15, 0.2) is 30.3 Å². The van der Waals surface area contributed by atoms with E-state index in [0.717, 1.165) is 11.8 Å². The number of pyridine rings is 2. The van der Waals surface area contributed by atoms with Gasteiger partial charge in [-0.1, -0.05) is 26.8 Å². The molecule has 0 N–H and O–H groups in total.